The predicted molar refractivity (Wildman–Crippen MR) is 76.2 cm³/mol. The first kappa shape index (κ1) is 13.7. The lowest BCUT2D eigenvalue weighted by atomic mass is 9.99. The van der Waals surface area contributed by atoms with E-state index in [0.29, 0.717) is 12.8 Å². The van der Waals surface area contributed by atoms with E-state index in [2.05, 4.69) is 4.98 Å². The zero-order chi connectivity index (χ0) is 13.9. The van der Waals surface area contributed by atoms with Crippen LogP contribution in [0, 0.1) is 0 Å². The van der Waals surface area contributed by atoms with E-state index < -0.39 is 5.60 Å². The van der Waals surface area contributed by atoms with Crippen molar-refractivity contribution in [2.24, 2.45) is 0 Å². The summed E-state index contributed by atoms with van der Waals surface area (Å²) in [6, 6.07) is 11.8. The number of carbonyl (C=O) groups excluding carboxylic acids is 1. The van der Waals surface area contributed by atoms with Crippen molar-refractivity contribution in [2.45, 2.75) is 32.3 Å². The van der Waals surface area contributed by atoms with Crippen LogP contribution in [0.5, 0.6) is 0 Å². The van der Waals surface area contributed by atoms with Crippen LogP contribution in [0.1, 0.15) is 26.0 Å². The summed E-state index contributed by atoms with van der Waals surface area (Å²) in [7, 11) is 1.63. The van der Waals surface area contributed by atoms with E-state index >= 15 is 0 Å². The van der Waals surface area contributed by atoms with Crippen LogP contribution >= 0.6 is 0 Å². The van der Waals surface area contributed by atoms with Crippen LogP contribution in [0.4, 0.5) is 0 Å². The lowest BCUT2D eigenvalue weighted by Crippen LogP contribution is -2.27. The molecule has 1 aromatic carbocycles. The second kappa shape index (κ2) is 5.49. The number of benzene rings is 1. The minimum Gasteiger partial charge on any atom is -0.378 e. The van der Waals surface area contributed by atoms with Gasteiger partial charge in [0.05, 0.1) is 11.1 Å². The molecule has 3 heteroatoms. The number of carbonyl (C=O) groups is 1. The Morgan fingerprint density at radius 1 is 1.21 bits per heavy atom. The van der Waals surface area contributed by atoms with Gasteiger partial charge in [0.1, 0.15) is 5.78 Å². The molecule has 0 aliphatic carbocycles. The lowest BCUT2D eigenvalue weighted by molar-refractivity contribution is -0.123. The molecular formula is C16H19NO2. The maximum absolute atomic E-state index is 12.0. The molecule has 19 heavy (non-hydrogen) atoms. The summed E-state index contributed by atoms with van der Waals surface area (Å²) >= 11 is 0. The van der Waals surface area contributed by atoms with Gasteiger partial charge in [-0.3, -0.25) is 9.78 Å². The van der Waals surface area contributed by atoms with Gasteiger partial charge in [-0.25, -0.2) is 0 Å². The highest BCUT2D eigenvalue weighted by molar-refractivity contribution is 5.83. The van der Waals surface area contributed by atoms with Crippen LogP contribution in [0.3, 0.4) is 0 Å². The Morgan fingerprint density at radius 2 is 1.95 bits per heavy atom. The number of methoxy groups -OCH3 is 1. The van der Waals surface area contributed by atoms with Crippen LogP contribution in [0.2, 0.25) is 0 Å². The number of rotatable bonds is 5. The van der Waals surface area contributed by atoms with Gasteiger partial charge in [-0.2, -0.15) is 0 Å². The van der Waals surface area contributed by atoms with Gasteiger partial charge in [-0.05, 0) is 26.0 Å². The largest absolute Gasteiger partial charge is 0.378 e. The quantitative estimate of drug-likeness (QED) is 0.826. The summed E-state index contributed by atoms with van der Waals surface area (Å²) in [6.07, 6.45) is 0.760. The van der Waals surface area contributed by atoms with E-state index in [-0.39, 0.29) is 5.78 Å². The number of hydrogen-bond donors (Lipinski definition) is 0. The van der Waals surface area contributed by atoms with E-state index in [4.69, 9.17) is 4.74 Å². The Balaban J connectivity index is 2.11. The van der Waals surface area contributed by atoms with Gasteiger partial charge < -0.3 is 4.74 Å². The molecule has 0 aliphatic rings. The molecule has 100 valence electrons. The highest BCUT2D eigenvalue weighted by Crippen LogP contribution is 2.16. The van der Waals surface area contributed by atoms with E-state index in [1.807, 2.05) is 50.2 Å². The smallest absolute Gasteiger partial charge is 0.141 e. The van der Waals surface area contributed by atoms with Crippen molar-refractivity contribution in [3.8, 4) is 0 Å². The lowest BCUT2D eigenvalue weighted by Gasteiger charge is -2.21. The summed E-state index contributed by atoms with van der Waals surface area (Å²) in [6.45, 7) is 3.83. The van der Waals surface area contributed by atoms with Gasteiger partial charge in [0.15, 0.2) is 0 Å². The Bertz CT molecular complexity index is 590. The number of hydrogen-bond acceptors (Lipinski definition) is 3. The maximum Gasteiger partial charge on any atom is 0.141 e. The van der Waals surface area contributed by atoms with Gasteiger partial charge >= 0.3 is 0 Å². The summed E-state index contributed by atoms with van der Waals surface area (Å²) < 4.78 is 5.28. The van der Waals surface area contributed by atoms with Crippen molar-refractivity contribution in [3.05, 3.63) is 42.1 Å². The molecule has 1 aromatic heterocycles. The number of para-hydroxylation sites is 1. The monoisotopic (exact) mass is 257 g/mol. The number of nitrogens with zero attached hydrogens (tertiary/aromatic N) is 1. The van der Waals surface area contributed by atoms with Crippen LogP contribution in [-0.2, 0) is 16.0 Å². The minimum atomic E-state index is -0.409. The second-order valence-corrected chi connectivity index (χ2v) is 5.35. The third-order valence-electron chi connectivity index (χ3n) is 3.21. The summed E-state index contributed by atoms with van der Waals surface area (Å²) in [5, 5.41) is 1.09. The topological polar surface area (TPSA) is 39.2 Å². The summed E-state index contributed by atoms with van der Waals surface area (Å²) in [5.74, 6) is 0.148. The third-order valence-corrected chi connectivity index (χ3v) is 3.21. The Labute approximate surface area is 113 Å². The fourth-order valence-electron chi connectivity index (χ4n) is 2.02. The predicted octanol–water partition coefficient (Wildman–Crippen LogP) is 3.16. The van der Waals surface area contributed by atoms with Crippen molar-refractivity contribution in [2.75, 3.05) is 7.11 Å². The molecule has 0 aliphatic heterocycles. The van der Waals surface area contributed by atoms with Crippen LogP contribution < -0.4 is 0 Å². The summed E-state index contributed by atoms with van der Waals surface area (Å²) in [4.78, 5) is 16.5. The average molecular weight is 257 g/mol. The first-order chi connectivity index (χ1) is 9.00. The van der Waals surface area contributed by atoms with Crippen LogP contribution in [0.15, 0.2) is 36.4 Å². The zero-order valence-electron chi connectivity index (χ0n) is 11.6. The fraction of sp³-hybridized carbons (Fsp3) is 0.375. The van der Waals surface area contributed by atoms with E-state index in [1.54, 1.807) is 7.11 Å². The Hall–Kier alpha value is -1.74. The molecule has 0 atom stereocenters. The standard InChI is InChI=1S/C16H19NO2/c1-16(2,19-3)11-14(18)10-13-9-8-12-6-4-5-7-15(12)17-13/h4-9H,10-11H2,1-3H3. The number of ether oxygens (including phenoxy) is 1. The SMILES string of the molecule is COC(C)(C)CC(=O)Cc1ccc2ccccc2n1. The molecule has 0 fully saturated rings. The molecule has 0 amide bonds. The molecule has 0 saturated heterocycles. The molecular weight excluding hydrogens is 238 g/mol. The molecule has 0 radical (unpaired) electrons. The van der Waals surface area contributed by atoms with Gasteiger partial charge in [-0.1, -0.05) is 24.3 Å². The molecule has 2 aromatic rings. The summed E-state index contributed by atoms with van der Waals surface area (Å²) in [5.41, 5.74) is 1.34. The van der Waals surface area contributed by atoms with Gasteiger partial charge in [0.25, 0.3) is 0 Å². The molecule has 0 unspecified atom stereocenters. The molecule has 3 nitrogen and oxygen atoms in total. The number of pyridine rings is 1. The molecule has 0 N–H and O–H groups in total. The normalized spacial score (nSPS) is 11.7. The van der Waals surface area contributed by atoms with Crippen molar-refractivity contribution in [3.63, 3.8) is 0 Å². The van der Waals surface area contributed by atoms with Crippen LogP contribution in [-0.4, -0.2) is 23.5 Å². The van der Waals surface area contributed by atoms with E-state index in [1.165, 1.54) is 0 Å². The second-order valence-electron chi connectivity index (χ2n) is 5.35. The van der Waals surface area contributed by atoms with Gasteiger partial charge in [-0.15, -0.1) is 0 Å². The Kier molecular flexibility index (Phi) is 3.96. The zero-order valence-corrected chi connectivity index (χ0v) is 11.6. The highest BCUT2D eigenvalue weighted by Gasteiger charge is 2.21. The third kappa shape index (κ3) is 3.61. The van der Waals surface area contributed by atoms with Crippen molar-refractivity contribution < 1.29 is 9.53 Å². The first-order valence-corrected chi connectivity index (χ1v) is 6.42. The van der Waals surface area contributed by atoms with E-state index in [9.17, 15) is 4.79 Å². The Morgan fingerprint density at radius 3 is 2.68 bits per heavy atom. The number of ketones is 1. The molecule has 0 saturated carbocycles. The maximum atomic E-state index is 12.0. The average Bonchev–Trinajstić information content (AvgIpc) is 2.38. The number of aromatic nitrogens is 1. The first-order valence-electron chi connectivity index (χ1n) is 6.42. The van der Waals surface area contributed by atoms with Crippen molar-refractivity contribution in [1.29, 1.82) is 0 Å². The molecule has 1 heterocycles. The molecule has 0 bridgehead atoms. The number of fused-ring (bicyclic) bond motifs is 1. The van der Waals surface area contributed by atoms with Gasteiger partial charge in [0.2, 0.25) is 0 Å². The van der Waals surface area contributed by atoms with Gasteiger partial charge in [0, 0.05) is 31.0 Å². The fourth-order valence-corrected chi connectivity index (χ4v) is 2.02. The minimum absolute atomic E-state index is 0.148. The highest BCUT2D eigenvalue weighted by atomic mass is 16.5. The van der Waals surface area contributed by atoms with Crippen molar-refractivity contribution in [1.82, 2.24) is 4.98 Å². The van der Waals surface area contributed by atoms with E-state index in [0.717, 1.165) is 16.6 Å². The molecule has 0 spiro atoms. The number of Topliss-reactive ketones (excluding diaryl/α,β-unsaturated/α-hetero) is 1. The van der Waals surface area contributed by atoms with Crippen LogP contribution in [0.25, 0.3) is 10.9 Å². The van der Waals surface area contributed by atoms with Crippen molar-refractivity contribution >= 4 is 16.7 Å². The molecule has 2 rings (SSSR count).